The third-order valence-electron chi connectivity index (χ3n) is 12.5. The van der Waals surface area contributed by atoms with Gasteiger partial charge in [0.15, 0.2) is 0 Å². The summed E-state index contributed by atoms with van der Waals surface area (Å²) in [5.74, 6) is 1.48. The Balaban J connectivity index is 0.768. The van der Waals surface area contributed by atoms with Gasteiger partial charge in [0, 0.05) is 104 Å². The van der Waals surface area contributed by atoms with Crippen LogP contribution in [-0.2, 0) is 10.2 Å². The molecule has 63 heavy (non-hydrogen) atoms. The number of benzene rings is 2. The van der Waals surface area contributed by atoms with E-state index in [2.05, 4.69) is 86.8 Å². The summed E-state index contributed by atoms with van der Waals surface area (Å²) in [6.45, 7) is 17.3. The number of hydrogen-bond donors (Lipinski definition) is 3. The van der Waals surface area contributed by atoms with Gasteiger partial charge in [0.05, 0.1) is 11.7 Å². The molecule has 0 bridgehead atoms. The van der Waals surface area contributed by atoms with Crippen molar-refractivity contribution in [1.29, 1.82) is 0 Å². The Morgan fingerprint density at radius 3 is 2.30 bits per heavy atom. The molecule has 7 heterocycles. The Labute approximate surface area is 366 Å². The van der Waals surface area contributed by atoms with Gasteiger partial charge in [0.2, 0.25) is 11.8 Å². The number of aryl methyl sites for hydroxylation is 1. The molecule has 4 aromatic heterocycles. The van der Waals surface area contributed by atoms with Crippen molar-refractivity contribution in [3.63, 3.8) is 0 Å². The van der Waals surface area contributed by atoms with Gasteiger partial charge in [-0.05, 0) is 92.3 Å². The second-order valence-corrected chi connectivity index (χ2v) is 18.0. The van der Waals surface area contributed by atoms with Crippen LogP contribution in [0.1, 0.15) is 80.6 Å². The third kappa shape index (κ3) is 8.98. The summed E-state index contributed by atoms with van der Waals surface area (Å²) in [5, 5.41) is 10.2. The second kappa shape index (κ2) is 17.2. The number of fused-ring (bicyclic) bond motifs is 1. The smallest absolute Gasteiger partial charge is 0.328 e. The third-order valence-corrected chi connectivity index (χ3v) is 12.5. The summed E-state index contributed by atoms with van der Waals surface area (Å²) in [4.78, 5) is 67.7. The number of carbonyl (C=O) groups excluding carboxylic acids is 3. The zero-order valence-electron chi connectivity index (χ0n) is 36.5. The molecule has 0 aliphatic carbocycles. The normalized spacial score (nSPS) is 17.3. The van der Waals surface area contributed by atoms with Crippen LogP contribution < -0.4 is 25.3 Å². The van der Waals surface area contributed by atoms with Gasteiger partial charge in [0.25, 0.3) is 11.7 Å². The van der Waals surface area contributed by atoms with Crippen LogP contribution in [0.4, 0.5) is 22.0 Å². The molecule has 3 N–H and O–H groups in total. The van der Waals surface area contributed by atoms with E-state index >= 15 is 0 Å². The molecule has 4 amide bonds. The van der Waals surface area contributed by atoms with E-state index in [-0.39, 0.29) is 35.1 Å². The van der Waals surface area contributed by atoms with Gasteiger partial charge in [-0.15, -0.1) is 0 Å². The molecule has 9 rings (SSSR count). The van der Waals surface area contributed by atoms with Crippen LogP contribution in [0, 0.1) is 12.8 Å². The molecule has 3 aliphatic heterocycles. The number of imide groups is 1. The molecule has 16 nitrogen and oxygen atoms in total. The maximum absolute atomic E-state index is 13.0. The van der Waals surface area contributed by atoms with E-state index in [9.17, 15) is 14.4 Å². The molecule has 0 saturated carbocycles. The van der Waals surface area contributed by atoms with E-state index in [1.54, 1.807) is 11.2 Å². The predicted molar refractivity (Wildman–Crippen MR) is 242 cm³/mol. The quantitative estimate of drug-likeness (QED) is 0.134. The van der Waals surface area contributed by atoms with E-state index in [0.717, 1.165) is 115 Å². The average Bonchev–Trinajstić information content (AvgIpc) is 3.97. The molecule has 326 valence electrons. The number of urea groups is 1. The lowest BCUT2D eigenvalue weighted by molar-refractivity contribution is -0.120. The summed E-state index contributed by atoms with van der Waals surface area (Å²) in [6.07, 6.45) is 6.13. The van der Waals surface area contributed by atoms with Crippen molar-refractivity contribution in [1.82, 2.24) is 45.6 Å². The van der Waals surface area contributed by atoms with Crippen molar-refractivity contribution in [3.05, 3.63) is 96.0 Å². The number of amides is 4. The molecule has 3 fully saturated rings. The SMILES string of the molecule is Cc1cc(-c2ncnc3[nH]c(-c4ccc(N5CCN(CC6CCN(c7ccc(N8CCC(=O)NC8=O)cc7)CC6)CC5)nc4)cc23)ccc1C(C)NC(=O)c1noc(C(C)(C)C)n1. The highest BCUT2D eigenvalue weighted by Crippen LogP contribution is 2.33. The Bertz CT molecular complexity index is 2620. The fourth-order valence-corrected chi connectivity index (χ4v) is 8.88. The number of pyridine rings is 1. The number of aromatic nitrogens is 6. The number of nitrogens with one attached hydrogen (secondary N) is 3. The largest absolute Gasteiger partial charge is 0.372 e. The lowest BCUT2D eigenvalue weighted by Gasteiger charge is -2.39. The number of hydrogen-bond acceptors (Lipinski definition) is 12. The number of nitrogens with zero attached hydrogens (tertiary/aromatic N) is 9. The lowest BCUT2D eigenvalue weighted by atomic mass is 9.95. The van der Waals surface area contributed by atoms with Crippen molar-refractivity contribution in [2.75, 3.05) is 67.1 Å². The van der Waals surface area contributed by atoms with Gasteiger partial charge < -0.3 is 24.6 Å². The van der Waals surface area contributed by atoms with E-state index in [1.165, 1.54) is 5.69 Å². The minimum Gasteiger partial charge on any atom is -0.372 e. The zero-order chi connectivity index (χ0) is 43.8. The molecule has 6 aromatic rings. The Kier molecular flexibility index (Phi) is 11.4. The van der Waals surface area contributed by atoms with Crippen molar-refractivity contribution >= 4 is 46.1 Å². The van der Waals surface area contributed by atoms with Gasteiger partial charge in [0.1, 0.15) is 17.8 Å². The molecular formula is C47H54N12O4. The highest BCUT2D eigenvalue weighted by Gasteiger charge is 2.28. The Morgan fingerprint density at radius 2 is 1.62 bits per heavy atom. The van der Waals surface area contributed by atoms with E-state index < -0.39 is 0 Å². The predicted octanol–water partition coefficient (Wildman–Crippen LogP) is 6.65. The Morgan fingerprint density at radius 1 is 0.873 bits per heavy atom. The molecule has 3 aliphatic rings. The van der Waals surface area contributed by atoms with Gasteiger partial charge in [-0.25, -0.2) is 19.7 Å². The summed E-state index contributed by atoms with van der Waals surface area (Å²) in [6, 6.07) is 19.9. The fraction of sp³-hybridized carbons (Fsp3) is 0.404. The van der Waals surface area contributed by atoms with Crippen LogP contribution in [0.15, 0.2) is 77.7 Å². The first-order valence-corrected chi connectivity index (χ1v) is 21.9. The Hall–Kier alpha value is -6.68. The number of rotatable bonds is 10. The van der Waals surface area contributed by atoms with E-state index in [4.69, 9.17) is 9.51 Å². The first-order chi connectivity index (χ1) is 30.4. The first kappa shape index (κ1) is 41.7. The van der Waals surface area contributed by atoms with E-state index in [0.29, 0.717) is 24.8 Å². The highest BCUT2D eigenvalue weighted by molar-refractivity contribution is 6.05. The maximum atomic E-state index is 13.0. The number of anilines is 3. The van der Waals surface area contributed by atoms with Crippen LogP contribution in [-0.4, -0.2) is 105 Å². The minimum absolute atomic E-state index is 0.0196. The molecule has 1 atom stereocenters. The van der Waals surface area contributed by atoms with E-state index in [1.807, 2.05) is 65.1 Å². The lowest BCUT2D eigenvalue weighted by Crippen LogP contribution is -2.49. The average molecular weight is 851 g/mol. The van der Waals surface area contributed by atoms with Crippen LogP contribution in [0.5, 0.6) is 0 Å². The first-order valence-electron chi connectivity index (χ1n) is 21.9. The summed E-state index contributed by atoms with van der Waals surface area (Å²) < 4.78 is 5.31. The number of H-pyrrole nitrogens is 1. The van der Waals surface area contributed by atoms with Crippen LogP contribution in [0.3, 0.4) is 0 Å². The molecule has 0 radical (unpaired) electrons. The standard InChI is InChI=1S/C47H54N12O4/c1-29-24-32(6-12-36(29)30(2)51-44(61)43-54-45(63-55-43)47(3,4)5)41-37-25-38(52-42(37)50-28-49-41)33-7-13-39(48-26-33)58-22-20-56(21-23-58)27-31-14-17-57(18-15-31)34-8-10-35(11-9-34)59-19-16-40(60)53-46(59)62/h6-13,24-26,28,30-31H,14-23,27H2,1-5H3,(H,51,61)(H,49,50,52)(H,53,60,62). The maximum Gasteiger partial charge on any atom is 0.328 e. The van der Waals surface area contributed by atoms with Crippen molar-refractivity contribution in [2.24, 2.45) is 5.92 Å². The molecule has 3 saturated heterocycles. The number of carbonyl (C=O) groups is 3. The van der Waals surface area contributed by atoms with Gasteiger partial charge >= 0.3 is 6.03 Å². The summed E-state index contributed by atoms with van der Waals surface area (Å²) in [7, 11) is 0. The summed E-state index contributed by atoms with van der Waals surface area (Å²) in [5.41, 5.74) is 8.04. The van der Waals surface area contributed by atoms with Crippen LogP contribution >= 0.6 is 0 Å². The number of piperazine rings is 1. The monoisotopic (exact) mass is 850 g/mol. The topological polar surface area (TPSA) is 182 Å². The highest BCUT2D eigenvalue weighted by atomic mass is 16.5. The van der Waals surface area contributed by atoms with Gasteiger partial charge in [-0.3, -0.25) is 24.7 Å². The summed E-state index contributed by atoms with van der Waals surface area (Å²) >= 11 is 0. The second-order valence-electron chi connectivity index (χ2n) is 18.0. The molecule has 0 spiro atoms. The van der Waals surface area contributed by atoms with Gasteiger partial charge in [-0.1, -0.05) is 38.1 Å². The molecular weight excluding hydrogens is 797 g/mol. The fourth-order valence-electron chi connectivity index (χ4n) is 8.88. The van der Waals surface area contributed by atoms with Crippen LogP contribution in [0.25, 0.3) is 33.5 Å². The minimum atomic E-state index is -0.387. The number of piperidine rings is 1. The van der Waals surface area contributed by atoms with Gasteiger partial charge in [-0.2, -0.15) is 4.98 Å². The number of aromatic amines is 1. The molecule has 16 heteroatoms. The zero-order valence-corrected chi connectivity index (χ0v) is 36.5. The van der Waals surface area contributed by atoms with Crippen molar-refractivity contribution < 1.29 is 18.9 Å². The molecule has 2 aromatic carbocycles. The van der Waals surface area contributed by atoms with Crippen molar-refractivity contribution in [2.45, 2.75) is 65.3 Å². The molecule has 1 unspecified atom stereocenters. The van der Waals surface area contributed by atoms with Crippen LogP contribution in [0.2, 0.25) is 0 Å². The van der Waals surface area contributed by atoms with Crippen molar-refractivity contribution in [3.8, 4) is 22.5 Å².